The Kier molecular flexibility index (Phi) is 4.02. The Morgan fingerprint density at radius 2 is 2.12 bits per heavy atom. The van der Waals surface area contributed by atoms with Gasteiger partial charge in [-0.05, 0) is 37.1 Å². The minimum atomic E-state index is 0.705. The monoisotopic (exact) mass is 384 g/mol. The minimum Gasteiger partial charge on any atom is -0.454 e. The number of benzene rings is 1. The van der Waals surface area contributed by atoms with E-state index in [1.165, 1.54) is 19.3 Å². The summed E-state index contributed by atoms with van der Waals surface area (Å²) in [7, 11) is 0. The molecule has 0 saturated heterocycles. The SMILES string of the molecule is Clc1ccc2oc(-c3csc(Cc4nnc5n4CCCCC5)n3)cc2c1. The first-order valence-electron chi connectivity index (χ1n) is 8.81. The number of nitrogens with zero attached hydrogens (tertiary/aromatic N) is 4. The standard InChI is InChI=1S/C19H17ClN4OS/c20-13-5-6-15-12(8-13)9-16(25-15)14-11-26-19(21-14)10-18-23-22-17-4-2-1-3-7-24(17)18/h5-6,8-9,11H,1-4,7,10H2. The van der Waals surface area contributed by atoms with Crippen LogP contribution in [0.2, 0.25) is 5.02 Å². The number of aromatic nitrogens is 4. The Morgan fingerprint density at radius 1 is 1.15 bits per heavy atom. The fourth-order valence-electron chi connectivity index (χ4n) is 3.46. The molecule has 1 aliphatic heterocycles. The van der Waals surface area contributed by atoms with Gasteiger partial charge in [0.15, 0.2) is 5.76 Å². The number of fused-ring (bicyclic) bond motifs is 2. The summed E-state index contributed by atoms with van der Waals surface area (Å²) < 4.78 is 8.19. The van der Waals surface area contributed by atoms with Crippen molar-refractivity contribution >= 4 is 33.9 Å². The summed E-state index contributed by atoms with van der Waals surface area (Å²) in [5, 5.41) is 13.5. The van der Waals surface area contributed by atoms with Crippen molar-refractivity contribution in [2.75, 3.05) is 0 Å². The quantitative estimate of drug-likeness (QED) is 0.492. The fourth-order valence-corrected chi connectivity index (χ4v) is 4.42. The highest BCUT2D eigenvalue weighted by Crippen LogP contribution is 2.30. The molecule has 0 atom stereocenters. The van der Waals surface area contributed by atoms with Crippen molar-refractivity contribution in [3.63, 3.8) is 0 Å². The van der Waals surface area contributed by atoms with E-state index in [2.05, 4.69) is 14.8 Å². The smallest absolute Gasteiger partial charge is 0.154 e. The van der Waals surface area contributed by atoms with Crippen molar-refractivity contribution in [3.05, 3.63) is 51.3 Å². The van der Waals surface area contributed by atoms with Gasteiger partial charge in [-0.3, -0.25) is 0 Å². The summed E-state index contributed by atoms with van der Waals surface area (Å²) in [6.07, 6.45) is 5.40. The van der Waals surface area contributed by atoms with E-state index in [1.807, 2.05) is 29.6 Å². The molecule has 0 N–H and O–H groups in total. The molecule has 0 aliphatic carbocycles. The van der Waals surface area contributed by atoms with E-state index in [-0.39, 0.29) is 0 Å². The maximum absolute atomic E-state index is 6.06. The summed E-state index contributed by atoms with van der Waals surface area (Å²) in [5.41, 5.74) is 1.68. The molecule has 4 aromatic rings. The maximum Gasteiger partial charge on any atom is 0.154 e. The summed E-state index contributed by atoms with van der Waals surface area (Å²) >= 11 is 7.69. The van der Waals surface area contributed by atoms with Gasteiger partial charge < -0.3 is 8.98 Å². The third-order valence-corrected chi connectivity index (χ3v) is 5.86. The highest BCUT2D eigenvalue weighted by molar-refractivity contribution is 7.10. The van der Waals surface area contributed by atoms with Gasteiger partial charge in [0.2, 0.25) is 0 Å². The van der Waals surface area contributed by atoms with Gasteiger partial charge in [0, 0.05) is 28.8 Å². The molecule has 7 heteroatoms. The molecule has 3 aromatic heterocycles. The molecule has 5 rings (SSSR count). The molecule has 0 amide bonds. The molecule has 0 fully saturated rings. The Morgan fingerprint density at radius 3 is 3.08 bits per heavy atom. The normalized spacial score (nSPS) is 14.5. The zero-order chi connectivity index (χ0) is 17.5. The van der Waals surface area contributed by atoms with Crippen molar-refractivity contribution in [1.29, 1.82) is 0 Å². The number of hydrogen-bond acceptors (Lipinski definition) is 5. The van der Waals surface area contributed by atoms with Crippen LogP contribution in [0.4, 0.5) is 0 Å². The van der Waals surface area contributed by atoms with E-state index >= 15 is 0 Å². The van der Waals surface area contributed by atoms with Gasteiger partial charge >= 0.3 is 0 Å². The predicted octanol–water partition coefficient (Wildman–Crippen LogP) is 5.12. The Balaban J connectivity index is 1.42. The number of thiazole rings is 1. The van der Waals surface area contributed by atoms with E-state index in [9.17, 15) is 0 Å². The second kappa shape index (κ2) is 6.52. The minimum absolute atomic E-state index is 0.705. The molecule has 26 heavy (non-hydrogen) atoms. The molecular weight excluding hydrogens is 368 g/mol. The van der Waals surface area contributed by atoms with E-state index in [4.69, 9.17) is 21.0 Å². The lowest BCUT2D eigenvalue weighted by Crippen LogP contribution is -2.06. The fraction of sp³-hybridized carbons (Fsp3) is 0.316. The van der Waals surface area contributed by atoms with Gasteiger partial charge in [-0.25, -0.2) is 4.98 Å². The lowest BCUT2D eigenvalue weighted by molar-refractivity contribution is 0.611. The molecule has 0 radical (unpaired) electrons. The average Bonchev–Trinajstić information content (AvgIpc) is 3.31. The first-order chi connectivity index (χ1) is 12.8. The molecule has 1 aromatic carbocycles. The van der Waals surface area contributed by atoms with Crippen molar-refractivity contribution in [2.45, 2.75) is 38.6 Å². The first kappa shape index (κ1) is 16.0. The average molecular weight is 385 g/mol. The number of aryl methyl sites for hydroxylation is 1. The van der Waals surface area contributed by atoms with Crippen LogP contribution in [0.25, 0.3) is 22.4 Å². The molecule has 5 nitrogen and oxygen atoms in total. The van der Waals surface area contributed by atoms with Gasteiger partial charge in [0.25, 0.3) is 0 Å². The van der Waals surface area contributed by atoms with Crippen molar-refractivity contribution in [1.82, 2.24) is 19.7 Å². The van der Waals surface area contributed by atoms with E-state index in [0.717, 1.165) is 52.0 Å². The largest absolute Gasteiger partial charge is 0.454 e. The summed E-state index contributed by atoms with van der Waals surface area (Å²) in [5.74, 6) is 2.90. The molecule has 4 heterocycles. The lowest BCUT2D eigenvalue weighted by Gasteiger charge is -2.05. The van der Waals surface area contributed by atoms with Gasteiger partial charge in [-0.1, -0.05) is 18.0 Å². The predicted molar refractivity (Wildman–Crippen MR) is 103 cm³/mol. The third kappa shape index (κ3) is 2.93. The van der Waals surface area contributed by atoms with Crippen molar-refractivity contribution < 1.29 is 4.42 Å². The zero-order valence-corrected chi connectivity index (χ0v) is 15.7. The summed E-state index contributed by atoms with van der Waals surface area (Å²) in [4.78, 5) is 4.76. The summed E-state index contributed by atoms with van der Waals surface area (Å²) in [6, 6.07) is 7.62. The molecule has 0 bridgehead atoms. The molecule has 1 aliphatic rings. The number of hydrogen-bond donors (Lipinski definition) is 0. The molecule has 0 spiro atoms. The van der Waals surface area contributed by atoms with Crippen molar-refractivity contribution in [3.8, 4) is 11.5 Å². The zero-order valence-electron chi connectivity index (χ0n) is 14.1. The van der Waals surface area contributed by atoms with Crippen LogP contribution in [-0.2, 0) is 19.4 Å². The Bertz CT molecular complexity index is 1080. The highest BCUT2D eigenvalue weighted by Gasteiger charge is 2.17. The van der Waals surface area contributed by atoms with E-state index in [0.29, 0.717) is 11.4 Å². The van der Waals surface area contributed by atoms with Crippen LogP contribution in [0.5, 0.6) is 0 Å². The highest BCUT2D eigenvalue weighted by atomic mass is 35.5. The Labute approximate surface area is 159 Å². The van der Waals surface area contributed by atoms with E-state index in [1.54, 1.807) is 11.3 Å². The van der Waals surface area contributed by atoms with Crippen LogP contribution >= 0.6 is 22.9 Å². The lowest BCUT2D eigenvalue weighted by atomic mass is 10.2. The molecule has 132 valence electrons. The molecule has 0 unspecified atom stereocenters. The molecule has 0 saturated carbocycles. The van der Waals surface area contributed by atoms with Crippen molar-refractivity contribution in [2.24, 2.45) is 0 Å². The molecular formula is C19H17ClN4OS. The van der Waals surface area contributed by atoms with Gasteiger partial charge in [-0.2, -0.15) is 0 Å². The van der Waals surface area contributed by atoms with Gasteiger partial charge in [0.1, 0.15) is 27.9 Å². The summed E-state index contributed by atoms with van der Waals surface area (Å²) in [6.45, 7) is 1.01. The van der Waals surface area contributed by atoms with Gasteiger partial charge in [0.05, 0.1) is 6.42 Å². The van der Waals surface area contributed by atoms with Gasteiger partial charge in [-0.15, -0.1) is 21.5 Å². The van der Waals surface area contributed by atoms with Crippen LogP contribution in [0.3, 0.4) is 0 Å². The van der Waals surface area contributed by atoms with E-state index < -0.39 is 0 Å². The Hall–Kier alpha value is -2.18. The third-order valence-electron chi connectivity index (χ3n) is 4.78. The van der Waals surface area contributed by atoms with Crippen LogP contribution in [0.15, 0.2) is 34.1 Å². The second-order valence-corrected chi connectivity index (χ2v) is 7.97. The second-order valence-electron chi connectivity index (χ2n) is 6.59. The van der Waals surface area contributed by atoms with Crippen LogP contribution in [-0.4, -0.2) is 19.7 Å². The number of furan rings is 1. The first-order valence-corrected chi connectivity index (χ1v) is 10.1. The topological polar surface area (TPSA) is 56.7 Å². The van der Waals surface area contributed by atoms with Crippen LogP contribution in [0, 0.1) is 0 Å². The number of rotatable bonds is 3. The van der Waals surface area contributed by atoms with Crippen LogP contribution in [0.1, 0.15) is 35.9 Å². The maximum atomic E-state index is 6.06. The van der Waals surface area contributed by atoms with Crippen LogP contribution < -0.4 is 0 Å². The number of halogens is 1.